The number of primary amides is 1. The van der Waals surface area contributed by atoms with Crippen LogP contribution in [0.1, 0.15) is 5.56 Å². The normalized spacial score (nSPS) is 11.7. The summed E-state index contributed by atoms with van der Waals surface area (Å²) in [6.07, 6.45) is 0.279. The molecule has 0 fully saturated rings. The SMILES string of the molecule is NCC(=O)N[C@@H](Cc1ccc2ccccc2c1)C(=O)NCC(N)=O. The fourth-order valence-electron chi connectivity index (χ4n) is 2.36. The molecule has 2 aromatic carbocycles. The third-order valence-electron chi connectivity index (χ3n) is 3.53. The van der Waals surface area contributed by atoms with E-state index in [-0.39, 0.29) is 19.5 Å². The van der Waals surface area contributed by atoms with E-state index >= 15 is 0 Å². The van der Waals surface area contributed by atoms with Crippen molar-refractivity contribution < 1.29 is 14.4 Å². The van der Waals surface area contributed by atoms with Crippen molar-refractivity contribution in [1.29, 1.82) is 0 Å². The van der Waals surface area contributed by atoms with E-state index in [4.69, 9.17) is 11.5 Å². The molecule has 7 nitrogen and oxygen atoms in total. The number of benzene rings is 2. The molecule has 0 bridgehead atoms. The quantitative estimate of drug-likeness (QED) is 0.542. The van der Waals surface area contributed by atoms with Crippen molar-refractivity contribution in [2.24, 2.45) is 11.5 Å². The first-order valence-corrected chi connectivity index (χ1v) is 7.52. The molecule has 0 saturated carbocycles. The molecule has 24 heavy (non-hydrogen) atoms. The Balaban J connectivity index is 2.16. The zero-order valence-electron chi connectivity index (χ0n) is 13.1. The average Bonchev–Trinajstić information content (AvgIpc) is 2.58. The zero-order valence-corrected chi connectivity index (χ0v) is 13.1. The van der Waals surface area contributed by atoms with E-state index in [0.29, 0.717) is 0 Å². The molecule has 2 rings (SSSR count). The highest BCUT2D eigenvalue weighted by atomic mass is 16.2. The Hall–Kier alpha value is -2.93. The number of nitrogens with one attached hydrogen (secondary N) is 2. The van der Waals surface area contributed by atoms with Gasteiger partial charge in [-0.25, -0.2) is 0 Å². The predicted octanol–water partition coefficient (Wildman–Crippen LogP) is -0.573. The second-order valence-electron chi connectivity index (χ2n) is 5.39. The molecule has 126 valence electrons. The summed E-state index contributed by atoms with van der Waals surface area (Å²) < 4.78 is 0. The summed E-state index contributed by atoms with van der Waals surface area (Å²) in [4.78, 5) is 34.6. The molecular formula is C17H20N4O3. The average molecular weight is 328 g/mol. The van der Waals surface area contributed by atoms with Crippen molar-refractivity contribution in [3.63, 3.8) is 0 Å². The Morgan fingerprint density at radius 1 is 1.04 bits per heavy atom. The summed E-state index contributed by atoms with van der Waals surface area (Å²) in [6, 6.07) is 12.8. The van der Waals surface area contributed by atoms with Gasteiger partial charge >= 0.3 is 0 Å². The third-order valence-corrected chi connectivity index (χ3v) is 3.53. The maximum absolute atomic E-state index is 12.2. The number of rotatable bonds is 7. The molecule has 0 aliphatic carbocycles. The fourth-order valence-corrected chi connectivity index (χ4v) is 2.36. The van der Waals surface area contributed by atoms with Crippen LogP contribution >= 0.6 is 0 Å². The van der Waals surface area contributed by atoms with Gasteiger partial charge in [-0.15, -0.1) is 0 Å². The Morgan fingerprint density at radius 2 is 1.75 bits per heavy atom. The van der Waals surface area contributed by atoms with Crippen LogP contribution in [0.15, 0.2) is 42.5 Å². The molecule has 0 aliphatic rings. The van der Waals surface area contributed by atoms with Crippen molar-refractivity contribution >= 4 is 28.5 Å². The van der Waals surface area contributed by atoms with Crippen LogP contribution in [0.3, 0.4) is 0 Å². The van der Waals surface area contributed by atoms with Gasteiger partial charge in [-0.2, -0.15) is 0 Å². The minimum atomic E-state index is -0.832. The topological polar surface area (TPSA) is 127 Å². The first-order valence-electron chi connectivity index (χ1n) is 7.52. The monoisotopic (exact) mass is 328 g/mol. The number of carbonyl (C=O) groups is 3. The van der Waals surface area contributed by atoms with Crippen LogP contribution in [-0.2, 0) is 20.8 Å². The molecule has 0 aliphatic heterocycles. The van der Waals surface area contributed by atoms with Crippen molar-refractivity contribution in [2.45, 2.75) is 12.5 Å². The zero-order chi connectivity index (χ0) is 17.5. The first kappa shape index (κ1) is 17.4. The van der Waals surface area contributed by atoms with Gasteiger partial charge in [-0.1, -0.05) is 42.5 Å². The fraction of sp³-hybridized carbons (Fsp3) is 0.235. The van der Waals surface area contributed by atoms with Gasteiger partial charge in [-0.3, -0.25) is 14.4 Å². The summed E-state index contributed by atoms with van der Waals surface area (Å²) in [5.41, 5.74) is 11.2. The van der Waals surface area contributed by atoms with E-state index < -0.39 is 23.8 Å². The molecule has 0 spiro atoms. The molecule has 0 aromatic heterocycles. The van der Waals surface area contributed by atoms with Crippen LogP contribution in [0.5, 0.6) is 0 Å². The number of hydrogen-bond donors (Lipinski definition) is 4. The van der Waals surface area contributed by atoms with Gasteiger partial charge in [0.15, 0.2) is 0 Å². The third kappa shape index (κ3) is 4.79. The smallest absolute Gasteiger partial charge is 0.243 e. The first-order chi connectivity index (χ1) is 11.5. The Morgan fingerprint density at radius 3 is 2.42 bits per heavy atom. The van der Waals surface area contributed by atoms with Gasteiger partial charge in [0.05, 0.1) is 13.1 Å². The van der Waals surface area contributed by atoms with Crippen LogP contribution in [-0.4, -0.2) is 36.9 Å². The number of carbonyl (C=O) groups excluding carboxylic acids is 3. The summed E-state index contributed by atoms with van der Waals surface area (Å²) >= 11 is 0. The van der Waals surface area contributed by atoms with Crippen LogP contribution in [0, 0.1) is 0 Å². The molecule has 0 unspecified atom stereocenters. The van der Waals surface area contributed by atoms with E-state index in [0.717, 1.165) is 16.3 Å². The second kappa shape index (κ2) is 8.07. The molecule has 6 N–H and O–H groups in total. The highest BCUT2D eigenvalue weighted by Gasteiger charge is 2.21. The highest BCUT2D eigenvalue weighted by molar-refractivity contribution is 5.91. The number of hydrogen-bond acceptors (Lipinski definition) is 4. The molecule has 0 saturated heterocycles. The van der Waals surface area contributed by atoms with Gasteiger partial charge in [-0.05, 0) is 16.3 Å². The summed E-state index contributed by atoms with van der Waals surface area (Å²) in [5, 5.41) is 7.08. The number of fused-ring (bicyclic) bond motifs is 1. The van der Waals surface area contributed by atoms with Crippen molar-refractivity contribution in [3.8, 4) is 0 Å². The van der Waals surface area contributed by atoms with Gasteiger partial charge < -0.3 is 22.1 Å². The standard InChI is InChI=1S/C17H20N4O3/c18-9-16(23)21-14(17(24)20-10-15(19)22)8-11-5-6-12-3-1-2-4-13(12)7-11/h1-7,14H,8-10,18H2,(H2,19,22)(H,20,24)(H,21,23)/t14-/m0/s1. The molecular weight excluding hydrogens is 308 g/mol. The van der Waals surface area contributed by atoms with Gasteiger partial charge in [0, 0.05) is 6.42 Å². The van der Waals surface area contributed by atoms with E-state index in [1.165, 1.54) is 0 Å². The maximum atomic E-state index is 12.2. The number of nitrogens with two attached hydrogens (primary N) is 2. The largest absolute Gasteiger partial charge is 0.368 e. The van der Waals surface area contributed by atoms with E-state index in [2.05, 4.69) is 10.6 Å². The molecule has 2 aromatic rings. The molecule has 7 heteroatoms. The molecule has 3 amide bonds. The van der Waals surface area contributed by atoms with Crippen LogP contribution in [0.2, 0.25) is 0 Å². The highest BCUT2D eigenvalue weighted by Crippen LogP contribution is 2.16. The summed E-state index contributed by atoms with van der Waals surface area (Å²) in [5.74, 6) is -1.59. The van der Waals surface area contributed by atoms with Crippen molar-refractivity contribution in [3.05, 3.63) is 48.0 Å². The van der Waals surface area contributed by atoms with Gasteiger partial charge in [0.1, 0.15) is 6.04 Å². The Labute approximate surface area is 139 Å². The van der Waals surface area contributed by atoms with Crippen LogP contribution in [0.25, 0.3) is 10.8 Å². The van der Waals surface area contributed by atoms with Crippen molar-refractivity contribution in [1.82, 2.24) is 10.6 Å². The summed E-state index contributed by atoms with van der Waals surface area (Å²) in [7, 11) is 0. The lowest BCUT2D eigenvalue weighted by Crippen LogP contribution is -2.50. The second-order valence-corrected chi connectivity index (χ2v) is 5.39. The van der Waals surface area contributed by atoms with E-state index in [9.17, 15) is 14.4 Å². The molecule has 1 atom stereocenters. The van der Waals surface area contributed by atoms with E-state index in [1.54, 1.807) is 0 Å². The molecule has 0 radical (unpaired) electrons. The summed E-state index contributed by atoms with van der Waals surface area (Å²) in [6.45, 7) is -0.511. The van der Waals surface area contributed by atoms with Crippen LogP contribution in [0.4, 0.5) is 0 Å². The Kier molecular flexibility index (Phi) is 5.86. The Bertz CT molecular complexity index is 760. The lowest BCUT2D eigenvalue weighted by molar-refractivity contribution is -0.129. The number of amides is 3. The maximum Gasteiger partial charge on any atom is 0.243 e. The van der Waals surface area contributed by atoms with Crippen LogP contribution < -0.4 is 22.1 Å². The van der Waals surface area contributed by atoms with Crippen molar-refractivity contribution in [2.75, 3.05) is 13.1 Å². The minimum Gasteiger partial charge on any atom is -0.368 e. The predicted molar refractivity (Wildman–Crippen MR) is 90.8 cm³/mol. The van der Waals surface area contributed by atoms with Gasteiger partial charge in [0.2, 0.25) is 17.7 Å². The molecule has 0 heterocycles. The van der Waals surface area contributed by atoms with E-state index in [1.807, 2.05) is 42.5 Å². The lowest BCUT2D eigenvalue weighted by Gasteiger charge is -2.18. The van der Waals surface area contributed by atoms with Gasteiger partial charge in [0.25, 0.3) is 0 Å². The lowest BCUT2D eigenvalue weighted by atomic mass is 10.0. The minimum absolute atomic E-state index is 0.225.